The minimum Gasteiger partial charge on any atom is -0.480 e. The fourth-order valence-electron chi connectivity index (χ4n) is 2.58. The molecule has 1 saturated heterocycles. The number of carbonyl (C=O) groups is 1. The van der Waals surface area contributed by atoms with Crippen molar-refractivity contribution in [1.29, 1.82) is 0 Å². The van der Waals surface area contributed by atoms with Gasteiger partial charge in [-0.1, -0.05) is 0 Å². The number of aryl methyl sites for hydroxylation is 2. The van der Waals surface area contributed by atoms with Crippen molar-refractivity contribution < 1.29 is 14.3 Å². The Morgan fingerprint density at radius 1 is 1.50 bits per heavy atom. The third-order valence-corrected chi connectivity index (χ3v) is 3.81. The molecule has 0 spiro atoms. The number of hydrogen-bond donors (Lipinski definition) is 1. The minimum absolute atomic E-state index is 0.226. The van der Waals surface area contributed by atoms with E-state index in [-0.39, 0.29) is 12.1 Å². The third kappa shape index (κ3) is 3.30. The highest BCUT2D eigenvalue weighted by atomic mass is 16.5. The molecule has 0 radical (unpaired) electrons. The summed E-state index contributed by atoms with van der Waals surface area (Å²) >= 11 is 0. The molecular formula is C15H20N6O3. The number of pyridine rings is 1. The van der Waals surface area contributed by atoms with Crippen molar-refractivity contribution in [3.63, 3.8) is 0 Å². The van der Waals surface area contributed by atoms with Crippen molar-refractivity contribution in [2.75, 3.05) is 32.1 Å². The highest BCUT2D eigenvalue weighted by molar-refractivity contribution is 5.90. The molecule has 0 saturated carbocycles. The molecule has 1 unspecified atom stereocenters. The lowest BCUT2D eigenvalue weighted by Gasteiger charge is -2.32. The molecule has 1 aliphatic rings. The van der Waals surface area contributed by atoms with Crippen molar-refractivity contribution >= 4 is 11.7 Å². The summed E-state index contributed by atoms with van der Waals surface area (Å²) in [6, 6.07) is 1.60. The molecule has 9 nitrogen and oxygen atoms in total. The molecule has 1 N–H and O–H groups in total. The van der Waals surface area contributed by atoms with Crippen molar-refractivity contribution in [2.24, 2.45) is 7.05 Å². The molecule has 3 rings (SSSR count). The van der Waals surface area contributed by atoms with Crippen molar-refractivity contribution in [2.45, 2.75) is 13.0 Å². The number of rotatable bonds is 3. The predicted octanol–water partition coefficient (Wildman–Crippen LogP) is 1.13. The van der Waals surface area contributed by atoms with Gasteiger partial charge < -0.3 is 24.3 Å². The standard InChI is InChI=1S/C15H20N6O3/c1-10-6-11(14(23-3)16-7-10)18-15(22)21-4-5-24-12(8-21)13-19-17-9-20(13)2/h6-7,9,12H,4-5,8H2,1-3H3,(H,18,22). The summed E-state index contributed by atoms with van der Waals surface area (Å²) in [7, 11) is 3.37. The zero-order valence-corrected chi connectivity index (χ0v) is 13.9. The molecule has 1 fully saturated rings. The maximum absolute atomic E-state index is 12.6. The number of nitrogens with one attached hydrogen (secondary N) is 1. The summed E-state index contributed by atoms with van der Waals surface area (Å²) in [5, 5.41) is 10.8. The van der Waals surface area contributed by atoms with Crippen LogP contribution in [0.1, 0.15) is 17.5 Å². The molecule has 9 heteroatoms. The average molecular weight is 332 g/mol. The van der Waals surface area contributed by atoms with Crippen LogP contribution in [0.4, 0.5) is 10.5 Å². The van der Waals surface area contributed by atoms with Gasteiger partial charge in [-0.25, -0.2) is 9.78 Å². The average Bonchev–Trinajstić information content (AvgIpc) is 3.01. The summed E-state index contributed by atoms with van der Waals surface area (Å²) < 4.78 is 12.7. The maximum atomic E-state index is 12.6. The first-order valence-corrected chi connectivity index (χ1v) is 7.60. The van der Waals surface area contributed by atoms with Gasteiger partial charge in [0.2, 0.25) is 5.88 Å². The van der Waals surface area contributed by atoms with Crippen LogP contribution in [-0.4, -0.2) is 57.5 Å². The quantitative estimate of drug-likeness (QED) is 0.905. The van der Waals surface area contributed by atoms with Gasteiger partial charge in [-0.2, -0.15) is 0 Å². The van der Waals surface area contributed by atoms with Gasteiger partial charge in [-0.15, -0.1) is 10.2 Å². The lowest BCUT2D eigenvalue weighted by Crippen LogP contribution is -2.44. The monoisotopic (exact) mass is 332 g/mol. The third-order valence-electron chi connectivity index (χ3n) is 3.81. The Morgan fingerprint density at radius 3 is 3.04 bits per heavy atom. The SMILES string of the molecule is COc1ncc(C)cc1NC(=O)N1CCOC(c2nncn2C)C1. The van der Waals surface area contributed by atoms with E-state index < -0.39 is 0 Å². The molecule has 0 bridgehead atoms. The van der Waals surface area contributed by atoms with E-state index in [1.165, 1.54) is 7.11 Å². The van der Waals surface area contributed by atoms with Crippen LogP contribution < -0.4 is 10.1 Å². The number of anilines is 1. The van der Waals surface area contributed by atoms with Gasteiger partial charge in [-0.3, -0.25) is 0 Å². The number of carbonyl (C=O) groups excluding carboxylic acids is 1. The summed E-state index contributed by atoms with van der Waals surface area (Å²) in [6.45, 7) is 3.25. The number of hydrogen-bond acceptors (Lipinski definition) is 6. The van der Waals surface area contributed by atoms with Crippen LogP contribution in [0, 0.1) is 6.92 Å². The minimum atomic E-state index is -0.297. The molecule has 0 aromatic carbocycles. The molecule has 1 atom stereocenters. The van der Waals surface area contributed by atoms with Crippen LogP contribution >= 0.6 is 0 Å². The van der Waals surface area contributed by atoms with E-state index in [0.717, 1.165) is 5.56 Å². The molecule has 3 heterocycles. The van der Waals surface area contributed by atoms with Gasteiger partial charge in [0.25, 0.3) is 0 Å². The molecule has 128 valence electrons. The smallest absolute Gasteiger partial charge is 0.322 e. The largest absolute Gasteiger partial charge is 0.480 e. The first-order chi connectivity index (χ1) is 11.6. The Hall–Kier alpha value is -2.68. The summed E-state index contributed by atoms with van der Waals surface area (Å²) in [5.74, 6) is 1.08. The van der Waals surface area contributed by atoms with Crippen LogP contribution in [0.5, 0.6) is 5.88 Å². The predicted molar refractivity (Wildman–Crippen MR) is 85.8 cm³/mol. The topological polar surface area (TPSA) is 94.4 Å². The number of amides is 2. The van der Waals surface area contributed by atoms with Gasteiger partial charge in [0, 0.05) is 19.8 Å². The molecule has 0 aliphatic carbocycles. The van der Waals surface area contributed by atoms with E-state index in [4.69, 9.17) is 9.47 Å². The molecule has 2 amide bonds. The number of morpholine rings is 1. The lowest BCUT2D eigenvalue weighted by molar-refractivity contribution is -0.0196. The fraction of sp³-hybridized carbons (Fsp3) is 0.467. The van der Waals surface area contributed by atoms with E-state index in [1.54, 1.807) is 22.0 Å². The number of urea groups is 1. The van der Waals surface area contributed by atoms with Crippen molar-refractivity contribution in [3.8, 4) is 5.88 Å². The maximum Gasteiger partial charge on any atom is 0.322 e. The number of nitrogens with zero attached hydrogens (tertiary/aromatic N) is 5. The lowest BCUT2D eigenvalue weighted by atomic mass is 10.2. The normalized spacial score (nSPS) is 17.6. The number of methoxy groups -OCH3 is 1. The molecule has 2 aromatic rings. The van der Waals surface area contributed by atoms with Crippen LogP contribution in [-0.2, 0) is 11.8 Å². The van der Waals surface area contributed by atoms with E-state index in [2.05, 4.69) is 20.5 Å². The Balaban J connectivity index is 1.71. The highest BCUT2D eigenvalue weighted by Crippen LogP contribution is 2.24. The van der Waals surface area contributed by atoms with Crippen molar-refractivity contribution in [3.05, 3.63) is 30.0 Å². The summed E-state index contributed by atoms with van der Waals surface area (Å²) in [5.41, 5.74) is 1.48. The van der Waals surface area contributed by atoms with Crippen LogP contribution in [0.15, 0.2) is 18.6 Å². The van der Waals surface area contributed by atoms with E-state index in [1.807, 2.05) is 20.0 Å². The van der Waals surface area contributed by atoms with E-state index >= 15 is 0 Å². The number of ether oxygens (including phenoxy) is 2. The molecular weight excluding hydrogens is 312 g/mol. The van der Waals surface area contributed by atoms with Gasteiger partial charge in [-0.05, 0) is 18.6 Å². The van der Waals surface area contributed by atoms with Crippen molar-refractivity contribution in [1.82, 2.24) is 24.6 Å². The molecule has 2 aromatic heterocycles. The fourth-order valence-corrected chi connectivity index (χ4v) is 2.58. The highest BCUT2D eigenvalue weighted by Gasteiger charge is 2.28. The number of aromatic nitrogens is 4. The molecule has 1 aliphatic heterocycles. The van der Waals surface area contributed by atoms with Crippen LogP contribution in [0.3, 0.4) is 0 Å². The van der Waals surface area contributed by atoms with Gasteiger partial charge >= 0.3 is 6.03 Å². The first kappa shape index (κ1) is 16.2. The second-order valence-corrected chi connectivity index (χ2v) is 5.61. The van der Waals surface area contributed by atoms with Gasteiger partial charge in [0.15, 0.2) is 5.82 Å². The van der Waals surface area contributed by atoms with Gasteiger partial charge in [0.05, 0.1) is 20.3 Å². The van der Waals surface area contributed by atoms with Crippen LogP contribution in [0.2, 0.25) is 0 Å². The van der Waals surface area contributed by atoms with E-state index in [0.29, 0.717) is 37.1 Å². The second-order valence-electron chi connectivity index (χ2n) is 5.61. The Bertz CT molecular complexity index is 732. The second kappa shape index (κ2) is 6.83. The summed E-state index contributed by atoms with van der Waals surface area (Å²) in [6.07, 6.45) is 3.00. The van der Waals surface area contributed by atoms with Crippen LogP contribution in [0.25, 0.3) is 0 Å². The zero-order chi connectivity index (χ0) is 17.1. The Morgan fingerprint density at radius 2 is 2.33 bits per heavy atom. The zero-order valence-electron chi connectivity index (χ0n) is 13.9. The first-order valence-electron chi connectivity index (χ1n) is 7.60. The Labute approximate surface area is 139 Å². The van der Waals surface area contributed by atoms with Gasteiger partial charge in [0.1, 0.15) is 18.1 Å². The summed E-state index contributed by atoms with van der Waals surface area (Å²) in [4.78, 5) is 18.4. The molecule has 24 heavy (non-hydrogen) atoms. The Kier molecular flexibility index (Phi) is 4.61. The van der Waals surface area contributed by atoms with E-state index in [9.17, 15) is 4.79 Å².